The monoisotopic (exact) mass is 128 g/mol. The number of hydrogen-bond donors (Lipinski definition) is 0. The predicted molar refractivity (Wildman–Crippen MR) is 45.1 cm³/mol. The largest absolute Gasteiger partial charge is 0.115 e. The van der Waals surface area contributed by atoms with Gasteiger partial charge in [-0.05, 0) is 0 Å². The van der Waals surface area contributed by atoms with Crippen molar-refractivity contribution in [3.8, 4) is 24.7 Å². The van der Waals surface area contributed by atoms with E-state index in [0.717, 1.165) is 0 Å². The van der Waals surface area contributed by atoms with E-state index in [9.17, 15) is 0 Å². The zero-order chi connectivity index (χ0) is 7.98. The van der Waals surface area contributed by atoms with Gasteiger partial charge in [0, 0.05) is 11.1 Å². The Morgan fingerprint density at radius 2 is 1.30 bits per heavy atom. The first-order valence-electron chi connectivity index (χ1n) is 2.72. The smallest absolute Gasteiger partial charge is 0.0393 e. The zero-order valence-corrected chi connectivity index (χ0v) is 5.72. The summed E-state index contributed by atoms with van der Waals surface area (Å²) in [5.41, 5.74) is 1.22. The van der Waals surface area contributed by atoms with E-state index in [-0.39, 0.29) is 0 Å². The Morgan fingerprint density at radius 1 is 1.00 bits per heavy atom. The first kappa shape index (κ1) is 8.34. The second kappa shape index (κ2) is 4.24. The molecule has 0 aromatic carbocycles. The lowest BCUT2D eigenvalue weighted by Crippen LogP contribution is -1.78. The third-order valence-corrected chi connectivity index (χ3v) is 1.01. The summed E-state index contributed by atoms with van der Waals surface area (Å²) in [6, 6.07) is 0. The maximum absolute atomic E-state index is 5.11. The van der Waals surface area contributed by atoms with Crippen molar-refractivity contribution in [2.45, 2.75) is 0 Å². The summed E-state index contributed by atoms with van der Waals surface area (Å²) in [7, 11) is 0. The Kier molecular flexibility index (Phi) is 3.54. The molecule has 48 valence electrons. The molecule has 0 bridgehead atoms. The van der Waals surface area contributed by atoms with Gasteiger partial charge >= 0.3 is 0 Å². The zero-order valence-electron chi connectivity index (χ0n) is 5.72. The topological polar surface area (TPSA) is 0 Å². The van der Waals surface area contributed by atoms with E-state index >= 15 is 0 Å². The van der Waals surface area contributed by atoms with Gasteiger partial charge in [-0.3, -0.25) is 0 Å². The molecule has 0 unspecified atom stereocenters. The molecule has 0 N–H and O–H groups in total. The van der Waals surface area contributed by atoms with Crippen molar-refractivity contribution in [3.05, 3.63) is 36.5 Å². The molecule has 0 aliphatic heterocycles. The molecule has 0 amide bonds. The molecule has 0 spiro atoms. The Bertz CT molecular complexity index is 223. The van der Waals surface area contributed by atoms with E-state index in [0.29, 0.717) is 11.1 Å². The van der Waals surface area contributed by atoms with Crippen molar-refractivity contribution in [2.24, 2.45) is 0 Å². The molecule has 0 nitrogen and oxygen atoms in total. The fourth-order valence-electron chi connectivity index (χ4n) is 0.493. The summed E-state index contributed by atoms with van der Waals surface area (Å²) in [4.78, 5) is 0. The highest BCUT2D eigenvalue weighted by Crippen LogP contribution is 2.03. The van der Waals surface area contributed by atoms with Crippen molar-refractivity contribution < 1.29 is 0 Å². The number of terminal acetylenes is 2. The fourth-order valence-corrected chi connectivity index (χ4v) is 0.493. The van der Waals surface area contributed by atoms with Gasteiger partial charge in [-0.25, -0.2) is 0 Å². The maximum Gasteiger partial charge on any atom is 0.0393 e. The average Bonchev–Trinajstić information content (AvgIpc) is 2.00. The molecule has 0 aromatic rings. The van der Waals surface area contributed by atoms with Gasteiger partial charge in [-0.15, -0.1) is 12.8 Å². The molecule has 0 rings (SSSR count). The van der Waals surface area contributed by atoms with E-state index < -0.39 is 0 Å². The Labute approximate surface area is 62.0 Å². The number of hydrogen-bond acceptors (Lipinski definition) is 0. The highest BCUT2D eigenvalue weighted by atomic mass is 13.9. The van der Waals surface area contributed by atoms with Crippen molar-refractivity contribution in [1.29, 1.82) is 0 Å². The van der Waals surface area contributed by atoms with Gasteiger partial charge < -0.3 is 0 Å². The molecule has 0 radical (unpaired) electrons. The van der Waals surface area contributed by atoms with Crippen LogP contribution in [0.3, 0.4) is 0 Å². The van der Waals surface area contributed by atoms with Gasteiger partial charge in [0.25, 0.3) is 0 Å². The second-order valence-electron chi connectivity index (χ2n) is 1.52. The van der Waals surface area contributed by atoms with E-state index in [2.05, 4.69) is 25.0 Å². The third kappa shape index (κ3) is 1.69. The first-order chi connectivity index (χ1) is 4.79. The fraction of sp³-hybridized carbons (Fsp3) is 0. The van der Waals surface area contributed by atoms with Crippen LogP contribution in [0.15, 0.2) is 36.5 Å². The summed E-state index contributed by atoms with van der Waals surface area (Å²) >= 11 is 0. The normalized spacial score (nSPS) is 10.2. The summed E-state index contributed by atoms with van der Waals surface area (Å²) in [5.74, 6) is 4.80. The molecule has 0 aliphatic carbocycles. The summed E-state index contributed by atoms with van der Waals surface area (Å²) < 4.78 is 0. The lowest BCUT2D eigenvalue weighted by atomic mass is 10.1. The van der Waals surface area contributed by atoms with Gasteiger partial charge in [0.05, 0.1) is 0 Å². The van der Waals surface area contributed by atoms with Gasteiger partial charge in [-0.2, -0.15) is 0 Å². The lowest BCUT2D eigenvalue weighted by Gasteiger charge is -1.91. The van der Waals surface area contributed by atoms with E-state index in [4.69, 9.17) is 12.8 Å². The first-order valence-corrected chi connectivity index (χ1v) is 2.72. The maximum atomic E-state index is 5.11. The Hall–Kier alpha value is -1.66. The molecule has 0 heteroatoms. The van der Waals surface area contributed by atoms with E-state index in [1.54, 1.807) is 0 Å². The van der Waals surface area contributed by atoms with Crippen LogP contribution in [0.5, 0.6) is 0 Å². The third-order valence-electron chi connectivity index (χ3n) is 1.01. The Morgan fingerprint density at radius 3 is 1.40 bits per heavy atom. The van der Waals surface area contributed by atoms with Crippen molar-refractivity contribution >= 4 is 0 Å². The molecule has 0 saturated carbocycles. The van der Waals surface area contributed by atoms with Crippen LogP contribution in [0.2, 0.25) is 0 Å². The summed E-state index contributed by atoms with van der Waals surface area (Å²) in [6.07, 6.45) is 13.3. The highest BCUT2D eigenvalue weighted by Gasteiger charge is 1.90. The van der Waals surface area contributed by atoms with Crippen LogP contribution in [0, 0.1) is 24.7 Å². The molecule has 10 heavy (non-hydrogen) atoms. The van der Waals surface area contributed by atoms with Gasteiger partial charge in [-0.1, -0.05) is 37.2 Å². The molecular weight excluding hydrogens is 120 g/mol. The second-order valence-corrected chi connectivity index (χ2v) is 1.52. The molecule has 0 atom stereocenters. The van der Waals surface area contributed by atoms with Crippen LogP contribution in [0.4, 0.5) is 0 Å². The van der Waals surface area contributed by atoms with Gasteiger partial charge in [0.1, 0.15) is 0 Å². The molecule has 0 aromatic heterocycles. The molecule has 0 fully saturated rings. The van der Waals surface area contributed by atoms with Crippen LogP contribution < -0.4 is 0 Å². The number of rotatable bonds is 2. The quantitative estimate of drug-likeness (QED) is 0.393. The molecule has 0 heterocycles. The lowest BCUT2D eigenvalue weighted by molar-refractivity contribution is 1.68. The van der Waals surface area contributed by atoms with Crippen LogP contribution in [-0.2, 0) is 0 Å². The van der Waals surface area contributed by atoms with Crippen LogP contribution in [-0.4, -0.2) is 0 Å². The molecule has 0 aliphatic rings. The highest BCUT2D eigenvalue weighted by molar-refractivity contribution is 5.51. The molecular formula is C10H8. The number of allylic oxidation sites excluding steroid dienone is 4. The van der Waals surface area contributed by atoms with E-state index in [1.807, 2.05) is 0 Å². The van der Waals surface area contributed by atoms with Crippen LogP contribution >= 0.6 is 0 Å². The van der Waals surface area contributed by atoms with Crippen LogP contribution in [0.25, 0.3) is 0 Å². The standard InChI is InChI=1S/C10H8/c1-5-9(6-2)10(7-3)8-4/h1,3,6,8H,2,4H2. The SMILES string of the molecule is C#CC(C=C)=C(C#C)C=C. The summed E-state index contributed by atoms with van der Waals surface area (Å²) in [5, 5.41) is 0. The molecule has 0 saturated heterocycles. The summed E-state index contributed by atoms with van der Waals surface area (Å²) in [6.45, 7) is 7.01. The minimum Gasteiger partial charge on any atom is -0.115 e. The predicted octanol–water partition coefficient (Wildman–Crippen LogP) is 1.92. The minimum absolute atomic E-state index is 0.609. The Balaban J connectivity index is 4.98. The average molecular weight is 128 g/mol. The van der Waals surface area contributed by atoms with Crippen molar-refractivity contribution in [1.82, 2.24) is 0 Å². The minimum atomic E-state index is 0.609. The van der Waals surface area contributed by atoms with Gasteiger partial charge in [0.2, 0.25) is 0 Å². The van der Waals surface area contributed by atoms with Crippen LogP contribution in [0.1, 0.15) is 0 Å². The van der Waals surface area contributed by atoms with Crippen molar-refractivity contribution in [2.75, 3.05) is 0 Å². The van der Waals surface area contributed by atoms with Gasteiger partial charge in [0.15, 0.2) is 0 Å². The van der Waals surface area contributed by atoms with Crippen molar-refractivity contribution in [3.63, 3.8) is 0 Å². The van der Waals surface area contributed by atoms with E-state index in [1.165, 1.54) is 12.2 Å².